The van der Waals surface area contributed by atoms with Gasteiger partial charge in [-0.2, -0.15) is 0 Å². The number of benzene rings is 1. The molecule has 0 saturated heterocycles. The van der Waals surface area contributed by atoms with Crippen LogP contribution in [0.5, 0.6) is 11.5 Å². The number of halogens is 1. The molecule has 97 valence electrons. The number of ether oxygens (including phenoxy) is 2. The lowest BCUT2D eigenvalue weighted by Crippen LogP contribution is -2.03. The zero-order valence-electron chi connectivity index (χ0n) is 10.4. The lowest BCUT2D eigenvalue weighted by atomic mass is 10.0. The predicted molar refractivity (Wildman–Crippen MR) is 71.1 cm³/mol. The molecule has 1 aromatic carbocycles. The third-order valence-electron chi connectivity index (χ3n) is 2.57. The van der Waals surface area contributed by atoms with Crippen molar-refractivity contribution in [3.8, 4) is 11.5 Å². The molecular formula is C14H11ClNO3. The Morgan fingerprint density at radius 1 is 1.21 bits per heavy atom. The topological polar surface area (TPSA) is 48.4 Å². The lowest BCUT2D eigenvalue weighted by Gasteiger charge is -2.09. The molecule has 1 aromatic heterocycles. The molecule has 0 unspecified atom stereocenters. The Balaban J connectivity index is 2.36. The third kappa shape index (κ3) is 2.85. The smallest absolute Gasteiger partial charge is 0.194 e. The second-order valence-corrected chi connectivity index (χ2v) is 4.05. The third-order valence-corrected chi connectivity index (χ3v) is 2.78. The second kappa shape index (κ2) is 5.71. The summed E-state index contributed by atoms with van der Waals surface area (Å²) in [4.78, 5) is 16.1. The highest BCUT2D eigenvalue weighted by atomic mass is 35.5. The summed E-state index contributed by atoms with van der Waals surface area (Å²) in [6, 6.07) is 9.15. The van der Waals surface area contributed by atoms with Crippen molar-refractivity contribution in [1.29, 1.82) is 0 Å². The number of rotatable bonds is 4. The van der Waals surface area contributed by atoms with Crippen molar-refractivity contribution < 1.29 is 14.3 Å². The Hall–Kier alpha value is -2.07. The van der Waals surface area contributed by atoms with Crippen molar-refractivity contribution in [3.05, 3.63) is 52.8 Å². The van der Waals surface area contributed by atoms with Gasteiger partial charge < -0.3 is 9.47 Å². The quantitative estimate of drug-likeness (QED) is 0.636. The highest BCUT2D eigenvalue weighted by Crippen LogP contribution is 2.28. The SMILES string of the molecule is COc1ccc(C(=O)c2c[c]c(Cl)nc2)cc1OC. The van der Waals surface area contributed by atoms with Crippen molar-refractivity contribution in [2.24, 2.45) is 0 Å². The molecule has 19 heavy (non-hydrogen) atoms. The summed E-state index contributed by atoms with van der Waals surface area (Å²) in [5, 5.41) is 0.226. The highest BCUT2D eigenvalue weighted by molar-refractivity contribution is 6.29. The molecule has 0 fully saturated rings. The van der Waals surface area contributed by atoms with E-state index in [4.69, 9.17) is 21.1 Å². The van der Waals surface area contributed by atoms with Crippen LogP contribution in [0.3, 0.4) is 0 Å². The number of nitrogens with zero attached hydrogens (tertiary/aromatic N) is 1. The molecule has 0 spiro atoms. The Labute approximate surface area is 115 Å². The van der Waals surface area contributed by atoms with Gasteiger partial charge in [-0.15, -0.1) is 0 Å². The van der Waals surface area contributed by atoms with E-state index in [2.05, 4.69) is 11.1 Å². The number of carbonyl (C=O) groups excluding carboxylic acids is 1. The Morgan fingerprint density at radius 2 is 1.95 bits per heavy atom. The fourth-order valence-corrected chi connectivity index (χ4v) is 1.71. The van der Waals surface area contributed by atoms with Gasteiger partial charge in [0.25, 0.3) is 0 Å². The van der Waals surface area contributed by atoms with E-state index < -0.39 is 0 Å². The van der Waals surface area contributed by atoms with Crippen molar-refractivity contribution in [1.82, 2.24) is 4.98 Å². The maximum absolute atomic E-state index is 12.2. The van der Waals surface area contributed by atoms with E-state index in [-0.39, 0.29) is 10.9 Å². The summed E-state index contributed by atoms with van der Waals surface area (Å²) in [5.41, 5.74) is 0.895. The monoisotopic (exact) mass is 276 g/mol. The lowest BCUT2D eigenvalue weighted by molar-refractivity contribution is 0.103. The molecule has 0 bridgehead atoms. The number of aromatic nitrogens is 1. The standard InChI is InChI=1S/C14H11ClNO3/c1-18-11-5-3-9(7-12(11)19-2)14(17)10-4-6-13(15)16-8-10/h3-5,7-8H,1-2H3. The number of pyridine rings is 1. The van der Waals surface area contributed by atoms with Crippen LogP contribution in [0.1, 0.15) is 15.9 Å². The molecule has 1 radical (unpaired) electrons. The molecule has 4 nitrogen and oxygen atoms in total. The number of hydrogen-bond acceptors (Lipinski definition) is 4. The zero-order valence-corrected chi connectivity index (χ0v) is 11.2. The minimum absolute atomic E-state index is 0.179. The summed E-state index contributed by atoms with van der Waals surface area (Å²) < 4.78 is 10.3. The number of methoxy groups -OCH3 is 2. The first kappa shape index (κ1) is 13.4. The molecule has 0 saturated carbocycles. The molecule has 0 N–H and O–H groups in total. The van der Waals surface area contributed by atoms with Gasteiger partial charge in [0.1, 0.15) is 5.15 Å². The van der Waals surface area contributed by atoms with Crippen LogP contribution in [0.2, 0.25) is 5.15 Å². The Kier molecular flexibility index (Phi) is 4.02. The van der Waals surface area contributed by atoms with Crippen LogP contribution in [0, 0.1) is 6.07 Å². The van der Waals surface area contributed by atoms with Crippen molar-refractivity contribution in [3.63, 3.8) is 0 Å². The molecule has 1 heterocycles. The molecule has 5 heteroatoms. The highest BCUT2D eigenvalue weighted by Gasteiger charge is 2.13. The Morgan fingerprint density at radius 3 is 2.53 bits per heavy atom. The van der Waals surface area contributed by atoms with E-state index in [1.807, 2.05) is 0 Å². The number of hydrogen-bond donors (Lipinski definition) is 0. The average Bonchev–Trinajstić information content (AvgIpc) is 2.46. The molecule has 0 atom stereocenters. The minimum Gasteiger partial charge on any atom is -0.493 e. The van der Waals surface area contributed by atoms with Gasteiger partial charge in [0.2, 0.25) is 0 Å². The predicted octanol–water partition coefficient (Wildman–Crippen LogP) is 2.78. The van der Waals surface area contributed by atoms with E-state index in [1.165, 1.54) is 26.5 Å². The molecular weight excluding hydrogens is 266 g/mol. The molecule has 2 rings (SSSR count). The summed E-state index contributed by atoms with van der Waals surface area (Å²) in [6.07, 6.45) is 1.41. The van der Waals surface area contributed by atoms with Gasteiger partial charge in [0, 0.05) is 23.4 Å². The van der Waals surface area contributed by atoms with E-state index in [0.29, 0.717) is 22.6 Å². The van der Waals surface area contributed by atoms with Crippen molar-refractivity contribution in [2.45, 2.75) is 0 Å². The maximum atomic E-state index is 12.2. The van der Waals surface area contributed by atoms with Gasteiger partial charge in [0.05, 0.1) is 14.2 Å². The first-order chi connectivity index (χ1) is 9.15. The van der Waals surface area contributed by atoms with Gasteiger partial charge >= 0.3 is 0 Å². The van der Waals surface area contributed by atoms with E-state index in [9.17, 15) is 4.79 Å². The summed E-state index contributed by atoms with van der Waals surface area (Å²) in [6.45, 7) is 0. The summed E-state index contributed by atoms with van der Waals surface area (Å²) in [5.74, 6) is 0.889. The van der Waals surface area contributed by atoms with Crippen LogP contribution in [0.4, 0.5) is 0 Å². The van der Waals surface area contributed by atoms with Gasteiger partial charge in [0.15, 0.2) is 17.3 Å². The maximum Gasteiger partial charge on any atom is 0.194 e. The van der Waals surface area contributed by atoms with Crippen LogP contribution in [-0.2, 0) is 0 Å². The summed E-state index contributed by atoms with van der Waals surface area (Å²) in [7, 11) is 3.06. The van der Waals surface area contributed by atoms with Crippen molar-refractivity contribution in [2.75, 3.05) is 14.2 Å². The van der Waals surface area contributed by atoms with Crippen LogP contribution >= 0.6 is 11.6 Å². The molecule has 0 aliphatic carbocycles. The molecule has 0 amide bonds. The molecule has 2 aromatic rings. The van der Waals surface area contributed by atoms with Crippen LogP contribution in [0.25, 0.3) is 0 Å². The van der Waals surface area contributed by atoms with E-state index in [0.717, 1.165) is 0 Å². The first-order valence-electron chi connectivity index (χ1n) is 5.45. The van der Waals surface area contributed by atoms with Gasteiger partial charge in [-0.1, -0.05) is 11.6 Å². The van der Waals surface area contributed by atoms with Crippen molar-refractivity contribution >= 4 is 17.4 Å². The Bertz CT molecular complexity index is 596. The normalized spacial score (nSPS) is 10.1. The zero-order chi connectivity index (χ0) is 13.8. The average molecular weight is 277 g/mol. The summed E-state index contributed by atoms with van der Waals surface area (Å²) >= 11 is 5.64. The van der Waals surface area contributed by atoms with Crippen LogP contribution < -0.4 is 9.47 Å². The fourth-order valence-electron chi connectivity index (χ4n) is 1.61. The first-order valence-corrected chi connectivity index (χ1v) is 5.83. The minimum atomic E-state index is -0.179. The molecule has 0 aliphatic rings. The van der Waals surface area contributed by atoms with E-state index in [1.54, 1.807) is 18.2 Å². The number of carbonyl (C=O) groups is 1. The largest absolute Gasteiger partial charge is 0.493 e. The van der Waals surface area contributed by atoms with E-state index >= 15 is 0 Å². The van der Waals surface area contributed by atoms with Crippen LogP contribution in [0.15, 0.2) is 30.5 Å². The van der Waals surface area contributed by atoms with Gasteiger partial charge in [-0.25, -0.2) is 4.98 Å². The fraction of sp³-hybridized carbons (Fsp3) is 0.143. The van der Waals surface area contributed by atoms with Gasteiger partial charge in [-0.3, -0.25) is 4.79 Å². The molecule has 0 aliphatic heterocycles. The number of ketones is 1. The van der Waals surface area contributed by atoms with Gasteiger partial charge in [-0.05, 0) is 24.3 Å². The van der Waals surface area contributed by atoms with Crippen LogP contribution in [-0.4, -0.2) is 25.0 Å². The second-order valence-electron chi connectivity index (χ2n) is 3.69.